The molecule has 0 unspecified atom stereocenters. The third-order valence-electron chi connectivity index (χ3n) is 6.95. The van der Waals surface area contributed by atoms with Gasteiger partial charge in [-0.05, 0) is 31.0 Å². The summed E-state index contributed by atoms with van der Waals surface area (Å²) in [6.45, 7) is 4.52. The van der Waals surface area contributed by atoms with E-state index in [1.165, 1.54) is 16.7 Å². The molecule has 1 aromatic rings. The number of ether oxygens (including phenoxy) is 1. The number of thioether (sulfide) groups is 1. The van der Waals surface area contributed by atoms with Gasteiger partial charge in [-0.3, -0.25) is 9.59 Å². The molecule has 2 fully saturated rings. The highest BCUT2D eigenvalue weighted by atomic mass is 32.2. The summed E-state index contributed by atoms with van der Waals surface area (Å²) in [5.41, 5.74) is 1.02. The Hall–Kier alpha value is -2.56. The Balaban J connectivity index is 1.40. The van der Waals surface area contributed by atoms with E-state index in [-0.39, 0.29) is 40.8 Å². The van der Waals surface area contributed by atoms with Crippen LogP contribution < -0.4 is 10.1 Å². The van der Waals surface area contributed by atoms with Crippen LogP contribution in [-0.2, 0) is 20.9 Å². The van der Waals surface area contributed by atoms with Gasteiger partial charge in [0.15, 0.2) is 0 Å². The minimum absolute atomic E-state index is 0.00828. The number of rotatable bonds is 8. The molecule has 0 aromatic heterocycles. The van der Waals surface area contributed by atoms with Gasteiger partial charge in [0.2, 0.25) is 11.8 Å². The summed E-state index contributed by atoms with van der Waals surface area (Å²) >= 11 is 1.44. The Bertz CT molecular complexity index is 1010. The van der Waals surface area contributed by atoms with Gasteiger partial charge in [-0.2, -0.15) is 0 Å². The summed E-state index contributed by atoms with van der Waals surface area (Å²) in [6, 6.07) is 6.90. The van der Waals surface area contributed by atoms with Crippen molar-refractivity contribution in [2.45, 2.75) is 50.3 Å². The Labute approximate surface area is 203 Å². The number of carbonyl (C=O) groups excluding carboxylic acids is 2. The van der Waals surface area contributed by atoms with Crippen molar-refractivity contribution in [3.8, 4) is 5.75 Å². The molecule has 0 saturated carbocycles. The van der Waals surface area contributed by atoms with Crippen molar-refractivity contribution in [3.05, 3.63) is 40.4 Å². The number of nitrogens with zero attached hydrogens (tertiary/aromatic N) is 2. The zero-order valence-electron chi connectivity index (χ0n) is 19.7. The summed E-state index contributed by atoms with van der Waals surface area (Å²) in [5, 5.41) is 23.1. The smallest absolute Gasteiger partial charge is 0.353 e. The Morgan fingerprint density at radius 2 is 2.00 bits per heavy atom. The zero-order valence-corrected chi connectivity index (χ0v) is 20.5. The predicted octanol–water partition coefficient (Wildman–Crippen LogP) is 1.27. The molecule has 4 rings (SSSR count). The normalized spacial score (nSPS) is 29.0. The van der Waals surface area contributed by atoms with Crippen LogP contribution in [0.15, 0.2) is 34.9 Å². The van der Waals surface area contributed by atoms with E-state index in [0.717, 1.165) is 11.3 Å². The summed E-state index contributed by atoms with van der Waals surface area (Å²) in [6.07, 6.45) is -0.259. The highest BCUT2D eigenvalue weighted by Crippen LogP contribution is 2.51. The Morgan fingerprint density at radius 3 is 2.59 bits per heavy atom. The summed E-state index contributed by atoms with van der Waals surface area (Å²) < 4.78 is 5.17. The van der Waals surface area contributed by atoms with E-state index in [2.05, 4.69) is 5.32 Å². The number of β-lactam (4-membered cyclic amide) rings is 1. The first kappa shape index (κ1) is 24.6. The van der Waals surface area contributed by atoms with Crippen LogP contribution in [0.5, 0.6) is 5.75 Å². The summed E-state index contributed by atoms with van der Waals surface area (Å²) in [4.78, 5) is 41.2. The first-order chi connectivity index (χ1) is 16.1. The number of carbonyl (C=O) groups is 3. The van der Waals surface area contributed by atoms with Crippen LogP contribution in [0.25, 0.3) is 0 Å². The van der Waals surface area contributed by atoms with Crippen molar-refractivity contribution in [2.24, 2.45) is 11.8 Å². The average molecular weight is 490 g/mol. The van der Waals surface area contributed by atoms with Crippen LogP contribution in [-0.4, -0.2) is 81.9 Å². The van der Waals surface area contributed by atoms with Gasteiger partial charge in [0.1, 0.15) is 11.4 Å². The molecule has 34 heavy (non-hydrogen) atoms. The second-order valence-electron chi connectivity index (χ2n) is 9.25. The van der Waals surface area contributed by atoms with Crippen LogP contribution in [0.4, 0.5) is 0 Å². The van der Waals surface area contributed by atoms with E-state index in [4.69, 9.17) is 4.74 Å². The van der Waals surface area contributed by atoms with Crippen molar-refractivity contribution in [1.82, 2.24) is 15.1 Å². The fourth-order valence-electron chi connectivity index (χ4n) is 5.19. The van der Waals surface area contributed by atoms with Gasteiger partial charge in [-0.15, -0.1) is 11.8 Å². The predicted molar refractivity (Wildman–Crippen MR) is 127 cm³/mol. The number of hydrogen-bond donors (Lipinski definition) is 3. The minimum atomic E-state index is -1.13. The standard InChI is InChI=1S/C24H31N3O6S/c1-12-19-18(13(2)28)23(30)27(19)20(24(31)32)21(12)34-16-9-17(25-10-16)22(29)26(3)11-14-5-7-15(33-4)8-6-14/h5-8,12-13,16-19,25,28H,9-11H2,1-4H3,(H,31,32)/t12-,13-,16+,17+,18-,19-/m1/s1. The molecular weight excluding hydrogens is 458 g/mol. The van der Waals surface area contributed by atoms with Crippen LogP contribution in [0.1, 0.15) is 25.8 Å². The fourth-order valence-corrected chi connectivity index (χ4v) is 6.67. The number of aliphatic carboxylic acids is 1. The lowest BCUT2D eigenvalue weighted by Crippen LogP contribution is -2.63. The quantitative estimate of drug-likeness (QED) is 0.467. The number of hydrogen-bond acceptors (Lipinski definition) is 7. The maximum Gasteiger partial charge on any atom is 0.353 e. The molecule has 3 N–H and O–H groups in total. The molecule has 184 valence electrons. The van der Waals surface area contributed by atoms with Gasteiger partial charge in [0.05, 0.1) is 31.2 Å². The van der Waals surface area contributed by atoms with Gasteiger partial charge >= 0.3 is 5.97 Å². The minimum Gasteiger partial charge on any atom is -0.497 e. The van der Waals surface area contributed by atoms with Crippen LogP contribution in [0.2, 0.25) is 0 Å². The van der Waals surface area contributed by atoms with Gasteiger partial charge in [-0.25, -0.2) is 4.79 Å². The van der Waals surface area contributed by atoms with Gasteiger partial charge in [-0.1, -0.05) is 19.1 Å². The number of aliphatic hydroxyl groups excluding tert-OH is 1. The van der Waals surface area contributed by atoms with E-state index in [0.29, 0.717) is 24.4 Å². The maximum atomic E-state index is 13.0. The molecule has 0 bridgehead atoms. The molecule has 0 spiro atoms. The van der Waals surface area contributed by atoms with Gasteiger partial charge in [0.25, 0.3) is 0 Å². The van der Waals surface area contributed by atoms with E-state index in [1.54, 1.807) is 26.0 Å². The topological polar surface area (TPSA) is 119 Å². The zero-order chi connectivity index (χ0) is 24.7. The molecule has 1 aromatic carbocycles. The first-order valence-corrected chi connectivity index (χ1v) is 12.3. The number of aliphatic hydroxyl groups is 1. The third-order valence-corrected chi connectivity index (χ3v) is 8.46. The summed E-state index contributed by atoms with van der Waals surface area (Å²) in [7, 11) is 3.38. The van der Waals surface area contributed by atoms with Crippen LogP contribution in [0.3, 0.4) is 0 Å². The van der Waals surface area contributed by atoms with Crippen molar-refractivity contribution < 1.29 is 29.3 Å². The van der Waals surface area contributed by atoms with Crippen molar-refractivity contribution in [3.63, 3.8) is 0 Å². The number of amides is 2. The highest BCUT2D eigenvalue weighted by Gasteiger charge is 2.60. The van der Waals surface area contributed by atoms with Crippen molar-refractivity contribution >= 4 is 29.5 Å². The number of likely N-dealkylation sites (N-methyl/N-ethyl adjacent to an activating group) is 1. The number of benzene rings is 1. The molecule has 0 aliphatic carbocycles. The van der Waals surface area contributed by atoms with E-state index in [9.17, 15) is 24.6 Å². The molecule has 3 heterocycles. The number of nitrogens with one attached hydrogen (secondary N) is 1. The monoisotopic (exact) mass is 489 g/mol. The summed E-state index contributed by atoms with van der Waals surface area (Å²) in [5.74, 6) is -1.48. The Morgan fingerprint density at radius 1 is 1.32 bits per heavy atom. The lowest BCUT2D eigenvalue weighted by Gasteiger charge is -2.46. The number of methoxy groups -OCH3 is 1. The van der Waals surface area contributed by atoms with Crippen LogP contribution in [0, 0.1) is 11.8 Å². The molecule has 0 radical (unpaired) electrons. The second-order valence-corrected chi connectivity index (χ2v) is 10.6. The molecule has 6 atom stereocenters. The fraction of sp³-hybridized carbons (Fsp3) is 0.542. The third kappa shape index (κ3) is 4.30. The van der Waals surface area contributed by atoms with Crippen molar-refractivity contribution in [1.29, 1.82) is 0 Å². The number of fused-ring (bicyclic) bond motifs is 1. The average Bonchev–Trinajstić information content (AvgIpc) is 3.35. The molecule has 9 nitrogen and oxygen atoms in total. The second kappa shape index (κ2) is 9.59. The lowest BCUT2D eigenvalue weighted by atomic mass is 9.79. The molecular formula is C24H31N3O6S. The van der Waals surface area contributed by atoms with Gasteiger partial charge < -0.3 is 30.1 Å². The molecule has 2 saturated heterocycles. The van der Waals surface area contributed by atoms with E-state index in [1.807, 2.05) is 31.2 Å². The lowest BCUT2D eigenvalue weighted by molar-refractivity contribution is -0.163. The first-order valence-electron chi connectivity index (χ1n) is 11.4. The molecule has 10 heteroatoms. The Kier molecular flexibility index (Phi) is 6.93. The van der Waals surface area contributed by atoms with E-state index >= 15 is 0 Å². The van der Waals surface area contributed by atoms with Crippen molar-refractivity contribution in [2.75, 3.05) is 20.7 Å². The van der Waals surface area contributed by atoms with Crippen LogP contribution >= 0.6 is 11.8 Å². The maximum absolute atomic E-state index is 13.0. The molecule has 3 aliphatic rings. The van der Waals surface area contributed by atoms with Gasteiger partial charge in [0, 0.05) is 36.2 Å². The number of carboxylic acid groups (broad SMARTS) is 1. The largest absolute Gasteiger partial charge is 0.497 e. The highest BCUT2D eigenvalue weighted by molar-refractivity contribution is 8.03. The SMILES string of the molecule is COc1ccc(CN(C)C(=O)[C@@H]2C[C@H](SC3=C(C(=O)O)N4C(=O)[C@H]([C@@H](C)O)[C@H]4[C@H]3C)CN2)cc1. The molecule has 3 aliphatic heterocycles. The molecule has 2 amide bonds. The van der Waals surface area contributed by atoms with E-state index < -0.39 is 18.0 Å². The number of carboxylic acids is 1.